The molecule has 9 nitrogen and oxygen atoms in total. The van der Waals surface area contributed by atoms with Crippen LogP contribution in [-0.2, 0) is 29.1 Å². The first-order chi connectivity index (χ1) is 25.2. The summed E-state index contributed by atoms with van der Waals surface area (Å²) in [4.78, 5) is 41.0. The molecule has 0 unspecified atom stereocenters. The van der Waals surface area contributed by atoms with E-state index in [4.69, 9.17) is 4.74 Å². The highest BCUT2D eigenvalue weighted by molar-refractivity contribution is 7.88. The van der Waals surface area contributed by atoms with Gasteiger partial charge in [0.2, 0.25) is 15.9 Å². The van der Waals surface area contributed by atoms with Crippen molar-refractivity contribution >= 4 is 27.9 Å². The van der Waals surface area contributed by atoms with Crippen LogP contribution in [0.15, 0.2) is 12.2 Å². The average Bonchev–Trinajstić information content (AvgIpc) is 3.43. The summed E-state index contributed by atoms with van der Waals surface area (Å²) in [7, 11) is -3.28. The minimum Gasteiger partial charge on any atom is -0.481 e. The molecule has 312 valence electrons. The van der Waals surface area contributed by atoms with E-state index in [0.717, 1.165) is 57.8 Å². The third-order valence-electron chi connectivity index (χ3n) is 18.2. The van der Waals surface area contributed by atoms with Crippen LogP contribution in [0.4, 0.5) is 0 Å². The molecule has 6 aliphatic rings. The number of allylic oxidation sites excluding steroid dienone is 1. The number of ether oxygens (including phenoxy) is 1. The number of piperidine rings is 1. The van der Waals surface area contributed by atoms with Crippen molar-refractivity contribution in [1.29, 1.82) is 0 Å². The van der Waals surface area contributed by atoms with Crippen molar-refractivity contribution in [3.63, 3.8) is 0 Å². The van der Waals surface area contributed by atoms with Gasteiger partial charge in [-0.15, -0.1) is 0 Å². The molecule has 10 atom stereocenters. The molecule has 0 bridgehead atoms. The number of esters is 1. The molecule has 0 spiro atoms. The molecular formula is C45H74N2O7S. The van der Waals surface area contributed by atoms with Crippen LogP contribution in [0.5, 0.6) is 0 Å². The van der Waals surface area contributed by atoms with E-state index in [1.807, 2.05) is 18.7 Å². The Labute approximate surface area is 333 Å². The molecule has 1 saturated heterocycles. The van der Waals surface area contributed by atoms with Crippen molar-refractivity contribution in [2.45, 2.75) is 171 Å². The van der Waals surface area contributed by atoms with Crippen molar-refractivity contribution in [2.24, 2.45) is 61.6 Å². The third kappa shape index (κ3) is 7.15. The molecule has 1 aliphatic heterocycles. The first-order valence-corrected chi connectivity index (χ1v) is 23.4. The topological polar surface area (TPSA) is 130 Å². The number of rotatable bonds is 10. The van der Waals surface area contributed by atoms with Gasteiger partial charge in [-0.1, -0.05) is 67.5 Å². The molecule has 1 amide bonds. The Bertz CT molecular complexity index is 1670. The summed E-state index contributed by atoms with van der Waals surface area (Å²) in [6.45, 7) is 26.8. The molecule has 6 rings (SSSR count). The van der Waals surface area contributed by atoms with Gasteiger partial charge in [-0.2, -0.15) is 0 Å². The van der Waals surface area contributed by atoms with E-state index in [1.165, 1.54) is 18.2 Å². The number of fused-ring (bicyclic) bond motifs is 7. The number of carbonyl (C=O) groups excluding carboxylic acids is 2. The molecule has 2 N–H and O–H groups in total. The lowest BCUT2D eigenvalue weighted by Gasteiger charge is -2.76. The molecule has 6 fully saturated rings. The molecule has 5 saturated carbocycles. The van der Waals surface area contributed by atoms with Gasteiger partial charge >= 0.3 is 11.9 Å². The lowest BCUT2D eigenvalue weighted by molar-refractivity contribution is -0.278. The smallest absolute Gasteiger partial charge is 0.306 e. The second-order valence-corrected chi connectivity index (χ2v) is 23.9. The Morgan fingerprint density at radius 1 is 0.836 bits per heavy atom. The van der Waals surface area contributed by atoms with Crippen LogP contribution in [0.25, 0.3) is 0 Å². The average molecular weight is 787 g/mol. The van der Waals surface area contributed by atoms with Crippen LogP contribution >= 0.6 is 0 Å². The SMILES string of the molecule is C=C(C)[C@@H]1CC[C@]2(CC(=O)N3CCC(NS(C)(=O)=O)CC3)CC[C@@]3(C)[C@]4(C)CC[C@H]5C(C)(C)[C@@H](OC(=O)CC(C)(C)CC(=O)O)CC[C@]5(C)[C@H]4CC[C@]3(C)[C@@H]12. The molecular weight excluding hydrogens is 713 g/mol. The summed E-state index contributed by atoms with van der Waals surface area (Å²) in [5, 5.41) is 9.37. The van der Waals surface area contributed by atoms with Crippen LogP contribution in [0.2, 0.25) is 0 Å². The monoisotopic (exact) mass is 787 g/mol. The van der Waals surface area contributed by atoms with Gasteiger partial charge in [0.05, 0.1) is 19.1 Å². The van der Waals surface area contributed by atoms with Gasteiger partial charge in [0, 0.05) is 31.0 Å². The predicted octanol–water partition coefficient (Wildman–Crippen LogP) is 8.77. The number of carbonyl (C=O) groups is 3. The highest BCUT2D eigenvalue weighted by Gasteiger charge is 2.74. The first kappa shape index (κ1) is 42.7. The molecule has 5 aliphatic carbocycles. The van der Waals surface area contributed by atoms with E-state index in [0.29, 0.717) is 56.0 Å². The van der Waals surface area contributed by atoms with Crippen molar-refractivity contribution in [3.05, 3.63) is 12.2 Å². The Balaban J connectivity index is 1.23. The fourth-order valence-electron chi connectivity index (χ4n) is 15.4. The Morgan fingerprint density at radius 2 is 1.45 bits per heavy atom. The molecule has 1 heterocycles. The van der Waals surface area contributed by atoms with Gasteiger partial charge in [-0.3, -0.25) is 14.4 Å². The van der Waals surface area contributed by atoms with Gasteiger partial charge < -0.3 is 14.7 Å². The summed E-state index contributed by atoms with van der Waals surface area (Å²) in [6.07, 6.45) is 13.7. The molecule has 0 aromatic heterocycles. The summed E-state index contributed by atoms with van der Waals surface area (Å²) in [6, 6.07) is -0.107. The zero-order chi connectivity index (χ0) is 40.8. The van der Waals surface area contributed by atoms with Gasteiger partial charge in [-0.25, -0.2) is 13.1 Å². The minimum atomic E-state index is -3.28. The van der Waals surface area contributed by atoms with Crippen molar-refractivity contribution in [2.75, 3.05) is 19.3 Å². The van der Waals surface area contributed by atoms with Gasteiger partial charge in [0.25, 0.3) is 0 Å². The van der Waals surface area contributed by atoms with E-state index in [1.54, 1.807) is 0 Å². The van der Waals surface area contributed by atoms with Crippen molar-refractivity contribution in [1.82, 2.24) is 9.62 Å². The van der Waals surface area contributed by atoms with E-state index in [9.17, 15) is 27.9 Å². The van der Waals surface area contributed by atoms with Crippen LogP contribution < -0.4 is 4.72 Å². The number of nitrogens with zero attached hydrogens (tertiary/aromatic N) is 1. The lowest BCUT2D eigenvalue weighted by Crippen LogP contribution is -2.70. The lowest BCUT2D eigenvalue weighted by atomic mass is 9.28. The summed E-state index contributed by atoms with van der Waals surface area (Å²) >= 11 is 0. The minimum absolute atomic E-state index is 0.0515. The van der Waals surface area contributed by atoms with Crippen molar-refractivity contribution < 1.29 is 32.6 Å². The normalized spacial score (nSPS) is 41.6. The molecule has 10 heteroatoms. The maximum absolute atomic E-state index is 14.3. The van der Waals surface area contributed by atoms with Crippen LogP contribution in [0, 0.1) is 61.6 Å². The van der Waals surface area contributed by atoms with E-state index in [-0.39, 0.29) is 69.4 Å². The van der Waals surface area contributed by atoms with Crippen molar-refractivity contribution in [3.8, 4) is 0 Å². The largest absolute Gasteiger partial charge is 0.481 e. The van der Waals surface area contributed by atoms with Crippen LogP contribution in [0.1, 0.15) is 159 Å². The van der Waals surface area contributed by atoms with Crippen LogP contribution in [-0.4, -0.2) is 67.8 Å². The predicted molar refractivity (Wildman–Crippen MR) is 216 cm³/mol. The zero-order valence-corrected chi connectivity index (χ0v) is 36.8. The summed E-state index contributed by atoms with van der Waals surface area (Å²) in [5.74, 6) is 0.821. The Morgan fingerprint density at radius 3 is 2.05 bits per heavy atom. The highest BCUT2D eigenvalue weighted by Crippen LogP contribution is 2.81. The third-order valence-corrected chi connectivity index (χ3v) is 18.9. The maximum Gasteiger partial charge on any atom is 0.306 e. The van der Waals surface area contributed by atoms with Gasteiger partial charge in [0.15, 0.2) is 0 Å². The standard InChI is InChI=1S/C45H74N2O7S/c1-29(2)31-12-21-45(26-35(48)47-24-16-30(17-25-47)46-55(11,52)53)23-22-44(10)42(8)19-13-32-40(5,6)34(54-37(51)28-39(3,4)27-36(49)50)15-18-41(32,7)33(42)14-20-43(44,9)38(31)45/h30-34,38,46H,1,12-28H2,2-11H3,(H,49,50)/t31-,32-,33+,34-,38+,41-,42+,43+,44-,45+/m0/s1. The number of hydrogen-bond acceptors (Lipinski definition) is 6. The number of likely N-dealkylation sites (tertiary alicyclic amines) is 1. The quantitative estimate of drug-likeness (QED) is 0.167. The first-order valence-electron chi connectivity index (χ1n) is 21.6. The second-order valence-electron chi connectivity index (χ2n) is 22.2. The van der Waals surface area contributed by atoms with Crippen LogP contribution in [0.3, 0.4) is 0 Å². The molecule has 0 radical (unpaired) electrons. The fraction of sp³-hybridized carbons (Fsp3) is 0.889. The summed E-state index contributed by atoms with van der Waals surface area (Å²) in [5.41, 5.74) is 0.734. The second kappa shape index (κ2) is 14.1. The Hall–Kier alpha value is -1.94. The van der Waals surface area contributed by atoms with E-state index >= 15 is 0 Å². The van der Waals surface area contributed by atoms with Gasteiger partial charge in [0.1, 0.15) is 6.10 Å². The molecule has 0 aromatic carbocycles. The molecule has 0 aromatic rings. The maximum atomic E-state index is 14.3. The number of carboxylic acid groups (broad SMARTS) is 1. The van der Waals surface area contributed by atoms with E-state index < -0.39 is 21.4 Å². The van der Waals surface area contributed by atoms with Gasteiger partial charge in [-0.05, 0) is 140 Å². The van der Waals surface area contributed by atoms with E-state index in [2.05, 4.69) is 59.8 Å². The number of amides is 1. The number of carboxylic acids is 1. The number of sulfonamides is 1. The summed E-state index contributed by atoms with van der Waals surface area (Å²) < 4.78 is 32.8. The number of aliphatic carboxylic acids is 1. The zero-order valence-electron chi connectivity index (χ0n) is 35.9. The highest BCUT2D eigenvalue weighted by atomic mass is 32.2. The number of nitrogens with one attached hydrogen (secondary N) is 1. The molecule has 55 heavy (non-hydrogen) atoms. The fourth-order valence-corrected chi connectivity index (χ4v) is 16.3. The Kier molecular flexibility index (Phi) is 10.9. The number of hydrogen-bond donors (Lipinski definition) is 2.